The van der Waals surface area contributed by atoms with Crippen LogP contribution in [0.5, 0.6) is 0 Å². The van der Waals surface area contributed by atoms with Crippen LogP contribution >= 0.6 is 12.4 Å². The first-order valence-electron chi connectivity index (χ1n) is 5.71. The largest absolute Gasteiger partial charge is 0.318 e. The summed E-state index contributed by atoms with van der Waals surface area (Å²) in [6, 6.07) is 7.07. The Labute approximate surface area is 116 Å². The molecule has 0 bridgehead atoms. The van der Waals surface area contributed by atoms with Crippen LogP contribution in [0.2, 0.25) is 0 Å². The van der Waals surface area contributed by atoms with Crippen LogP contribution in [0, 0.1) is 0 Å². The maximum absolute atomic E-state index is 11.9. The zero-order valence-corrected chi connectivity index (χ0v) is 12.6. The molecule has 104 valence electrons. The fourth-order valence-electron chi connectivity index (χ4n) is 1.43. The van der Waals surface area contributed by atoms with Gasteiger partial charge in [0, 0.05) is 13.1 Å². The maximum atomic E-state index is 11.9. The van der Waals surface area contributed by atoms with Crippen LogP contribution < -0.4 is 10.0 Å². The SMILES string of the molecule is CNCCNS(=O)(=O)c1cccc(C(C)C)c1.Cl. The number of nitrogens with one attached hydrogen (secondary N) is 2. The quantitative estimate of drug-likeness (QED) is 0.785. The minimum atomic E-state index is -3.38. The van der Waals surface area contributed by atoms with Crippen molar-refractivity contribution in [3.8, 4) is 0 Å². The normalized spacial score (nSPS) is 11.3. The van der Waals surface area contributed by atoms with Crippen LogP contribution in [0.3, 0.4) is 0 Å². The third-order valence-electron chi connectivity index (χ3n) is 2.50. The smallest absolute Gasteiger partial charge is 0.240 e. The van der Waals surface area contributed by atoms with Crippen molar-refractivity contribution < 1.29 is 8.42 Å². The van der Waals surface area contributed by atoms with Gasteiger partial charge in [0.25, 0.3) is 0 Å². The molecule has 0 unspecified atom stereocenters. The van der Waals surface area contributed by atoms with Gasteiger partial charge in [-0.2, -0.15) is 0 Å². The molecule has 1 aromatic carbocycles. The predicted octanol–water partition coefficient (Wildman–Crippen LogP) is 1.73. The number of sulfonamides is 1. The van der Waals surface area contributed by atoms with Crippen molar-refractivity contribution >= 4 is 22.4 Å². The molecule has 4 nitrogen and oxygen atoms in total. The first-order valence-corrected chi connectivity index (χ1v) is 7.20. The minimum Gasteiger partial charge on any atom is -0.318 e. The van der Waals surface area contributed by atoms with Gasteiger partial charge in [-0.3, -0.25) is 0 Å². The highest BCUT2D eigenvalue weighted by Gasteiger charge is 2.13. The molecule has 0 heterocycles. The van der Waals surface area contributed by atoms with Crippen molar-refractivity contribution in [3.05, 3.63) is 29.8 Å². The molecule has 0 spiro atoms. The summed E-state index contributed by atoms with van der Waals surface area (Å²) in [7, 11) is -1.59. The van der Waals surface area contributed by atoms with Crippen molar-refractivity contribution in [2.45, 2.75) is 24.7 Å². The zero-order chi connectivity index (χ0) is 12.9. The predicted molar refractivity (Wildman–Crippen MR) is 76.9 cm³/mol. The molecule has 0 saturated heterocycles. The van der Waals surface area contributed by atoms with Crippen molar-refractivity contribution in [1.82, 2.24) is 10.0 Å². The van der Waals surface area contributed by atoms with Crippen molar-refractivity contribution in [3.63, 3.8) is 0 Å². The van der Waals surface area contributed by atoms with Gasteiger partial charge in [-0.15, -0.1) is 12.4 Å². The Morgan fingerprint density at radius 3 is 2.44 bits per heavy atom. The van der Waals surface area contributed by atoms with Crippen molar-refractivity contribution in [2.24, 2.45) is 0 Å². The summed E-state index contributed by atoms with van der Waals surface area (Å²) in [4.78, 5) is 0.333. The zero-order valence-electron chi connectivity index (χ0n) is 10.9. The number of rotatable bonds is 6. The maximum Gasteiger partial charge on any atom is 0.240 e. The van der Waals surface area contributed by atoms with E-state index in [-0.39, 0.29) is 12.4 Å². The molecule has 6 heteroatoms. The van der Waals surface area contributed by atoms with Crippen LogP contribution in [-0.2, 0) is 10.0 Å². The highest BCUT2D eigenvalue weighted by Crippen LogP contribution is 2.18. The summed E-state index contributed by atoms with van der Waals surface area (Å²) in [6.07, 6.45) is 0. The van der Waals surface area contributed by atoms with Crippen LogP contribution in [0.25, 0.3) is 0 Å². The second kappa shape index (κ2) is 7.74. The molecule has 0 aromatic heterocycles. The Kier molecular flexibility index (Phi) is 7.47. The Morgan fingerprint density at radius 1 is 1.22 bits per heavy atom. The number of hydrogen-bond donors (Lipinski definition) is 2. The Hall–Kier alpha value is -0.620. The molecule has 0 aliphatic carbocycles. The average molecular weight is 293 g/mol. The number of benzene rings is 1. The van der Waals surface area contributed by atoms with E-state index in [1.165, 1.54) is 0 Å². The molecule has 1 rings (SSSR count). The summed E-state index contributed by atoms with van der Waals surface area (Å²) < 4.78 is 26.4. The van der Waals surface area contributed by atoms with Gasteiger partial charge in [0.2, 0.25) is 10.0 Å². The highest BCUT2D eigenvalue weighted by molar-refractivity contribution is 7.89. The van der Waals surface area contributed by atoms with E-state index in [2.05, 4.69) is 10.0 Å². The Bertz CT molecular complexity index is 461. The Balaban J connectivity index is 0.00000289. The van der Waals surface area contributed by atoms with Gasteiger partial charge in [-0.05, 0) is 30.7 Å². The molecule has 0 aliphatic rings. The van der Waals surface area contributed by atoms with E-state index in [0.717, 1.165) is 5.56 Å². The highest BCUT2D eigenvalue weighted by atomic mass is 35.5. The summed E-state index contributed by atoms with van der Waals surface area (Å²) in [6.45, 7) is 5.09. The monoisotopic (exact) mass is 292 g/mol. The van der Waals surface area contributed by atoms with E-state index in [1.807, 2.05) is 19.9 Å². The van der Waals surface area contributed by atoms with Gasteiger partial charge < -0.3 is 5.32 Å². The third kappa shape index (κ3) is 4.94. The van der Waals surface area contributed by atoms with Gasteiger partial charge in [-0.1, -0.05) is 26.0 Å². The molecule has 0 fully saturated rings. The van der Waals surface area contributed by atoms with E-state index in [4.69, 9.17) is 0 Å². The molecular formula is C12H21ClN2O2S. The van der Waals surface area contributed by atoms with E-state index in [0.29, 0.717) is 23.9 Å². The van der Waals surface area contributed by atoms with Crippen molar-refractivity contribution in [1.29, 1.82) is 0 Å². The fourth-order valence-corrected chi connectivity index (χ4v) is 2.52. The van der Waals surface area contributed by atoms with Gasteiger partial charge in [0.05, 0.1) is 4.90 Å². The summed E-state index contributed by atoms with van der Waals surface area (Å²) in [5, 5.41) is 2.89. The lowest BCUT2D eigenvalue weighted by molar-refractivity contribution is 0.579. The van der Waals surface area contributed by atoms with Gasteiger partial charge in [0.1, 0.15) is 0 Å². The van der Waals surface area contributed by atoms with E-state index in [1.54, 1.807) is 25.2 Å². The van der Waals surface area contributed by atoms with E-state index >= 15 is 0 Å². The van der Waals surface area contributed by atoms with E-state index < -0.39 is 10.0 Å². The first-order chi connectivity index (χ1) is 7.97. The Morgan fingerprint density at radius 2 is 1.89 bits per heavy atom. The molecule has 0 amide bonds. The molecule has 0 atom stereocenters. The molecule has 0 radical (unpaired) electrons. The molecule has 1 aromatic rings. The molecule has 0 saturated carbocycles. The lowest BCUT2D eigenvalue weighted by Gasteiger charge is -2.09. The first kappa shape index (κ1) is 17.4. The van der Waals surface area contributed by atoms with Crippen LogP contribution in [0.1, 0.15) is 25.3 Å². The second-order valence-corrected chi connectivity index (χ2v) is 6.00. The van der Waals surface area contributed by atoms with Gasteiger partial charge in [-0.25, -0.2) is 13.1 Å². The fraction of sp³-hybridized carbons (Fsp3) is 0.500. The summed E-state index contributed by atoms with van der Waals surface area (Å²) in [5.74, 6) is 0.322. The lowest BCUT2D eigenvalue weighted by atomic mass is 10.0. The second-order valence-electron chi connectivity index (χ2n) is 4.23. The topological polar surface area (TPSA) is 58.2 Å². The standard InChI is InChI=1S/C12H20N2O2S.ClH/c1-10(2)11-5-4-6-12(9-11)17(15,16)14-8-7-13-3;/h4-6,9-10,13-14H,7-8H2,1-3H3;1H. The van der Waals surface area contributed by atoms with E-state index in [9.17, 15) is 8.42 Å². The number of halogens is 1. The molecule has 2 N–H and O–H groups in total. The summed E-state index contributed by atoms with van der Waals surface area (Å²) in [5.41, 5.74) is 1.03. The number of hydrogen-bond acceptors (Lipinski definition) is 3. The molecule has 0 aliphatic heterocycles. The van der Waals surface area contributed by atoms with Gasteiger partial charge in [0.15, 0.2) is 0 Å². The van der Waals surface area contributed by atoms with Crippen LogP contribution in [0.15, 0.2) is 29.2 Å². The lowest BCUT2D eigenvalue weighted by Crippen LogP contribution is -2.30. The molecule has 18 heavy (non-hydrogen) atoms. The molecular weight excluding hydrogens is 272 g/mol. The van der Waals surface area contributed by atoms with Gasteiger partial charge >= 0.3 is 0 Å². The van der Waals surface area contributed by atoms with Crippen molar-refractivity contribution in [2.75, 3.05) is 20.1 Å². The summed E-state index contributed by atoms with van der Waals surface area (Å²) >= 11 is 0. The van der Waals surface area contributed by atoms with Crippen LogP contribution in [-0.4, -0.2) is 28.6 Å². The minimum absolute atomic E-state index is 0. The third-order valence-corrected chi connectivity index (χ3v) is 3.96. The van der Waals surface area contributed by atoms with Crippen LogP contribution in [0.4, 0.5) is 0 Å². The average Bonchev–Trinajstić information content (AvgIpc) is 2.29. The number of likely N-dealkylation sites (N-methyl/N-ethyl adjacent to an activating group) is 1.